The SMILES string of the molecule is CCCCc1ccc2c(c1)sc(=NC(=O)C(C)C)n2CC(=O)OC. The first-order valence-corrected chi connectivity index (χ1v) is 9.05. The molecule has 0 atom stereocenters. The van der Waals surface area contributed by atoms with E-state index in [2.05, 4.69) is 24.0 Å². The fourth-order valence-electron chi connectivity index (χ4n) is 2.31. The van der Waals surface area contributed by atoms with Crippen molar-refractivity contribution in [1.29, 1.82) is 0 Å². The smallest absolute Gasteiger partial charge is 0.325 e. The van der Waals surface area contributed by atoms with Crippen LogP contribution in [-0.2, 0) is 27.3 Å². The molecule has 2 rings (SSSR count). The zero-order valence-electron chi connectivity index (χ0n) is 14.7. The number of methoxy groups -OCH3 is 1. The average molecular weight is 348 g/mol. The number of hydrogen-bond donors (Lipinski definition) is 0. The molecule has 0 unspecified atom stereocenters. The second kappa shape index (κ2) is 8.24. The van der Waals surface area contributed by atoms with E-state index in [0.29, 0.717) is 4.80 Å². The fraction of sp³-hybridized carbons (Fsp3) is 0.500. The lowest BCUT2D eigenvalue weighted by atomic mass is 10.1. The van der Waals surface area contributed by atoms with E-state index in [1.54, 1.807) is 4.57 Å². The highest BCUT2D eigenvalue weighted by molar-refractivity contribution is 7.16. The predicted molar refractivity (Wildman–Crippen MR) is 95.9 cm³/mol. The second-order valence-corrected chi connectivity index (χ2v) is 7.07. The van der Waals surface area contributed by atoms with Crippen LogP contribution >= 0.6 is 11.3 Å². The molecule has 0 saturated heterocycles. The fourth-order valence-corrected chi connectivity index (χ4v) is 3.41. The number of carbonyl (C=O) groups is 2. The Kier molecular flexibility index (Phi) is 6.31. The number of thiazole rings is 1. The van der Waals surface area contributed by atoms with E-state index in [-0.39, 0.29) is 24.3 Å². The van der Waals surface area contributed by atoms with Gasteiger partial charge in [0.1, 0.15) is 6.54 Å². The number of unbranched alkanes of at least 4 members (excludes halogenated alkanes) is 1. The normalized spacial score (nSPS) is 12.1. The summed E-state index contributed by atoms with van der Waals surface area (Å²) in [6.07, 6.45) is 3.31. The van der Waals surface area contributed by atoms with Gasteiger partial charge in [0.25, 0.3) is 5.91 Å². The van der Waals surface area contributed by atoms with E-state index in [1.807, 2.05) is 19.9 Å². The summed E-state index contributed by atoms with van der Waals surface area (Å²) in [5.74, 6) is -0.725. The lowest BCUT2D eigenvalue weighted by Crippen LogP contribution is -2.23. The van der Waals surface area contributed by atoms with Gasteiger partial charge in [0.05, 0.1) is 17.3 Å². The molecule has 5 nitrogen and oxygen atoms in total. The number of esters is 1. The number of aromatic nitrogens is 1. The van der Waals surface area contributed by atoms with Crippen LogP contribution in [0, 0.1) is 5.92 Å². The Labute approximate surface area is 146 Å². The molecule has 0 spiro atoms. The topological polar surface area (TPSA) is 60.7 Å². The quantitative estimate of drug-likeness (QED) is 0.753. The van der Waals surface area contributed by atoms with Crippen LogP contribution in [0.5, 0.6) is 0 Å². The lowest BCUT2D eigenvalue weighted by molar-refractivity contribution is -0.141. The predicted octanol–water partition coefficient (Wildman–Crippen LogP) is 3.30. The Bertz CT molecular complexity index is 802. The lowest BCUT2D eigenvalue weighted by Gasteiger charge is -2.05. The van der Waals surface area contributed by atoms with E-state index in [4.69, 9.17) is 4.74 Å². The Hall–Kier alpha value is -1.95. The number of nitrogens with zero attached hydrogens (tertiary/aromatic N) is 2. The number of benzene rings is 1. The molecular formula is C18H24N2O3S. The minimum Gasteiger partial charge on any atom is -0.468 e. The van der Waals surface area contributed by atoms with Gasteiger partial charge in [-0.1, -0.05) is 44.6 Å². The van der Waals surface area contributed by atoms with Crippen LogP contribution in [0.1, 0.15) is 39.2 Å². The van der Waals surface area contributed by atoms with Gasteiger partial charge in [-0.15, -0.1) is 0 Å². The van der Waals surface area contributed by atoms with Crippen LogP contribution in [0.2, 0.25) is 0 Å². The monoisotopic (exact) mass is 348 g/mol. The molecule has 0 saturated carbocycles. The summed E-state index contributed by atoms with van der Waals surface area (Å²) >= 11 is 1.44. The molecule has 1 heterocycles. The van der Waals surface area contributed by atoms with Gasteiger partial charge in [-0.2, -0.15) is 4.99 Å². The maximum atomic E-state index is 12.0. The van der Waals surface area contributed by atoms with Crippen molar-refractivity contribution in [2.45, 2.75) is 46.6 Å². The first-order valence-electron chi connectivity index (χ1n) is 8.24. The molecule has 1 aromatic heterocycles. The van der Waals surface area contributed by atoms with E-state index < -0.39 is 0 Å². The number of fused-ring (bicyclic) bond motifs is 1. The number of rotatable bonds is 6. The molecule has 0 aliphatic carbocycles. The summed E-state index contributed by atoms with van der Waals surface area (Å²) in [6, 6.07) is 6.20. The number of hydrogen-bond acceptors (Lipinski definition) is 4. The van der Waals surface area contributed by atoms with Crippen molar-refractivity contribution in [3.05, 3.63) is 28.6 Å². The first-order chi connectivity index (χ1) is 11.5. The van der Waals surface area contributed by atoms with Crippen LogP contribution in [0.4, 0.5) is 0 Å². The van der Waals surface area contributed by atoms with E-state index in [1.165, 1.54) is 24.0 Å². The van der Waals surface area contributed by atoms with E-state index in [9.17, 15) is 9.59 Å². The number of amides is 1. The Balaban J connectivity index is 2.55. The van der Waals surface area contributed by atoms with Crippen molar-refractivity contribution < 1.29 is 14.3 Å². The highest BCUT2D eigenvalue weighted by Gasteiger charge is 2.13. The molecule has 0 N–H and O–H groups in total. The third-order valence-electron chi connectivity index (χ3n) is 3.78. The van der Waals surface area contributed by atoms with Crippen LogP contribution < -0.4 is 4.80 Å². The Morgan fingerprint density at radius 3 is 2.71 bits per heavy atom. The summed E-state index contributed by atoms with van der Waals surface area (Å²) < 4.78 is 7.57. The number of ether oxygens (including phenoxy) is 1. The van der Waals surface area contributed by atoms with Gasteiger partial charge in [-0.05, 0) is 30.5 Å². The summed E-state index contributed by atoms with van der Waals surface area (Å²) in [4.78, 5) is 28.5. The standard InChI is InChI=1S/C18H24N2O3S/c1-5-6-7-13-8-9-14-15(10-13)24-18(19-17(22)12(2)3)20(14)11-16(21)23-4/h8-10,12H,5-7,11H2,1-4H3. The van der Waals surface area contributed by atoms with Crippen LogP contribution in [-0.4, -0.2) is 23.6 Å². The molecule has 1 aromatic carbocycles. The van der Waals surface area contributed by atoms with Crippen molar-refractivity contribution in [3.8, 4) is 0 Å². The van der Waals surface area contributed by atoms with Crippen LogP contribution in [0.3, 0.4) is 0 Å². The van der Waals surface area contributed by atoms with Gasteiger partial charge in [-0.25, -0.2) is 0 Å². The van der Waals surface area contributed by atoms with Crippen molar-refractivity contribution in [1.82, 2.24) is 4.57 Å². The number of carbonyl (C=O) groups excluding carboxylic acids is 2. The van der Waals surface area contributed by atoms with E-state index >= 15 is 0 Å². The molecule has 0 bridgehead atoms. The molecule has 0 radical (unpaired) electrons. The van der Waals surface area contributed by atoms with Crippen molar-refractivity contribution in [2.75, 3.05) is 7.11 Å². The van der Waals surface area contributed by atoms with Crippen molar-refractivity contribution in [3.63, 3.8) is 0 Å². The molecule has 6 heteroatoms. The van der Waals surface area contributed by atoms with Crippen LogP contribution in [0.25, 0.3) is 10.2 Å². The highest BCUT2D eigenvalue weighted by atomic mass is 32.1. The zero-order valence-corrected chi connectivity index (χ0v) is 15.5. The van der Waals surface area contributed by atoms with Gasteiger partial charge in [0, 0.05) is 5.92 Å². The van der Waals surface area contributed by atoms with Crippen LogP contribution in [0.15, 0.2) is 23.2 Å². The Morgan fingerprint density at radius 2 is 2.08 bits per heavy atom. The molecule has 0 aliphatic rings. The molecule has 1 amide bonds. The summed E-state index contributed by atoms with van der Waals surface area (Å²) in [5, 5.41) is 0. The third-order valence-corrected chi connectivity index (χ3v) is 4.82. The van der Waals surface area contributed by atoms with Gasteiger partial charge in [0.15, 0.2) is 4.80 Å². The third kappa shape index (κ3) is 4.32. The van der Waals surface area contributed by atoms with E-state index in [0.717, 1.165) is 29.5 Å². The molecule has 0 fully saturated rings. The van der Waals surface area contributed by atoms with Gasteiger partial charge < -0.3 is 9.30 Å². The summed E-state index contributed by atoms with van der Waals surface area (Å²) in [5.41, 5.74) is 2.17. The van der Waals surface area contributed by atoms with Crippen molar-refractivity contribution in [2.24, 2.45) is 10.9 Å². The maximum Gasteiger partial charge on any atom is 0.325 e. The average Bonchev–Trinajstić information content (AvgIpc) is 2.89. The molecular weight excluding hydrogens is 324 g/mol. The Morgan fingerprint density at radius 1 is 1.33 bits per heavy atom. The first kappa shape index (κ1) is 18.4. The zero-order chi connectivity index (χ0) is 17.7. The largest absolute Gasteiger partial charge is 0.468 e. The molecule has 24 heavy (non-hydrogen) atoms. The van der Waals surface area contributed by atoms with Gasteiger partial charge in [-0.3, -0.25) is 9.59 Å². The molecule has 130 valence electrons. The minimum absolute atomic E-state index is 0.0506. The summed E-state index contributed by atoms with van der Waals surface area (Å²) in [6.45, 7) is 5.84. The summed E-state index contributed by atoms with van der Waals surface area (Å²) in [7, 11) is 1.36. The molecule has 0 aliphatic heterocycles. The van der Waals surface area contributed by atoms with Gasteiger partial charge in [0.2, 0.25) is 0 Å². The number of aryl methyl sites for hydroxylation is 1. The highest BCUT2D eigenvalue weighted by Crippen LogP contribution is 2.20. The maximum absolute atomic E-state index is 12.0. The van der Waals surface area contributed by atoms with Gasteiger partial charge >= 0.3 is 5.97 Å². The molecule has 2 aromatic rings. The van der Waals surface area contributed by atoms with Crippen molar-refractivity contribution >= 4 is 33.4 Å². The second-order valence-electron chi connectivity index (χ2n) is 6.06. The minimum atomic E-state index is -0.358.